The Morgan fingerprint density at radius 3 is 1.53 bits per heavy atom. The first-order valence-corrected chi connectivity index (χ1v) is 26.7. The molecule has 5 saturated heterocycles. The van der Waals surface area contributed by atoms with Gasteiger partial charge in [0.1, 0.15) is 36.5 Å². The van der Waals surface area contributed by atoms with Crippen LogP contribution < -0.4 is 11.4 Å². The van der Waals surface area contributed by atoms with Crippen LogP contribution >= 0.6 is 0 Å². The van der Waals surface area contributed by atoms with Crippen molar-refractivity contribution in [3.63, 3.8) is 0 Å². The molecule has 6 fully saturated rings. The van der Waals surface area contributed by atoms with Crippen molar-refractivity contribution < 1.29 is 72.0 Å². The fourth-order valence-corrected chi connectivity index (χ4v) is 10.5. The van der Waals surface area contributed by atoms with Gasteiger partial charge in [-0.25, -0.2) is 25.8 Å². The summed E-state index contributed by atoms with van der Waals surface area (Å²) in [6.45, 7) is 13.2. The van der Waals surface area contributed by atoms with E-state index in [1.807, 2.05) is 114 Å². The highest BCUT2D eigenvalue weighted by molar-refractivity contribution is 6.06. The number of nitrogens with zero attached hydrogens (tertiary/aromatic N) is 5. The number of benzene rings is 2. The molecule has 9 rings (SSSR count). The Balaban J connectivity index is 0.000000183. The Morgan fingerprint density at radius 1 is 0.610 bits per heavy atom. The maximum Gasteiger partial charge on any atom is 0.355 e. The first-order chi connectivity index (χ1) is 36.7. The van der Waals surface area contributed by atoms with Crippen LogP contribution in [0.4, 0.5) is 9.59 Å². The number of hydrogen-bond acceptors (Lipinski definition) is 16. The fourth-order valence-electron chi connectivity index (χ4n) is 10.5. The predicted molar refractivity (Wildman–Crippen MR) is 273 cm³/mol. The average Bonchev–Trinajstić information content (AvgIpc) is 4.18. The molecule has 3 N–H and O–H groups in total. The third kappa shape index (κ3) is 15.4. The van der Waals surface area contributed by atoms with E-state index >= 15 is 0 Å². The van der Waals surface area contributed by atoms with E-state index in [-0.39, 0.29) is 66.6 Å². The van der Waals surface area contributed by atoms with E-state index in [0.717, 1.165) is 30.4 Å². The zero-order valence-electron chi connectivity index (χ0n) is 45.0. The average molecular weight is 1070 g/mol. The van der Waals surface area contributed by atoms with Crippen molar-refractivity contribution in [2.45, 2.75) is 161 Å². The second-order valence-corrected chi connectivity index (χ2v) is 22.2. The number of esters is 2. The smallest absolute Gasteiger partial charge is 0.355 e. The molecule has 2 aromatic rings. The first-order valence-electron chi connectivity index (χ1n) is 26.7. The lowest BCUT2D eigenvalue weighted by Gasteiger charge is -2.29. The van der Waals surface area contributed by atoms with Crippen LogP contribution in [0, 0.1) is 23.7 Å². The predicted octanol–water partition coefficient (Wildman–Crippen LogP) is 5.99. The summed E-state index contributed by atoms with van der Waals surface area (Å²) in [5.74, 6) is 1.66. The molecular formula is C55H75N7O15. The van der Waals surface area contributed by atoms with Crippen molar-refractivity contribution in [1.82, 2.24) is 30.5 Å². The number of carbonyl (C=O) groups is 8. The van der Waals surface area contributed by atoms with E-state index in [4.69, 9.17) is 34.7 Å². The third-order valence-corrected chi connectivity index (χ3v) is 14.0. The summed E-state index contributed by atoms with van der Waals surface area (Å²) in [5.41, 5.74) is 3.48. The molecule has 8 atom stereocenters. The molecule has 6 bridgehead atoms. The molecule has 5 heterocycles. The summed E-state index contributed by atoms with van der Waals surface area (Å²) in [4.78, 5) is 129. The number of hydrogen-bond donors (Lipinski definition) is 2. The summed E-state index contributed by atoms with van der Waals surface area (Å²) in [5, 5.41) is 3.39. The number of unbranched alkanes of at least 4 members (excludes halogenated alkanes) is 2. The Kier molecular flexibility index (Phi) is 19.9. The molecule has 7 aliphatic rings. The number of nitrogens with one attached hydrogen (secondary N) is 1. The molecule has 7 amide bonds. The molecule has 0 radical (unpaired) electrons. The van der Waals surface area contributed by atoms with E-state index in [2.05, 4.69) is 10.3 Å². The van der Waals surface area contributed by atoms with Gasteiger partial charge in [-0.3, -0.25) is 38.5 Å². The van der Waals surface area contributed by atoms with Crippen LogP contribution in [0.25, 0.3) is 0 Å². The van der Waals surface area contributed by atoms with E-state index < -0.39 is 53.3 Å². The Morgan fingerprint density at radius 2 is 1.06 bits per heavy atom. The van der Waals surface area contributed by atoms with E-state index in [1.54, 1.807) is 4.90 Å². The molecule has 2 aliphatic carbocycles. The Bertz CT molecular complexity index is 2400. The normalized spacial score (nSPS) is 24.8. The van der Waals surface area contributed by atoms with Gasteiger partial charge in [-0.2, -0.15) is 10.1 Å². The van der Waals surface area contributed by atoms with Gasteiger partial charge in [-0.1, -0.05) is 72.8 Å². The number of carbonyl (C=O) groups excluding carboxylic acids is 8. The summed E-state index contributed by atoms with van der Waals surface area (Å²) in [7, 11) is 0. The van der Waals surface area contributed by atoms with Gasteiger partial charge < -0.3 is 28.9 Å². The molecule has 22 nitrogen and oxygen atoms in total. The maximum atomic E-state index is 12.9. The number of fused-ring (bicyclic) bond motifs is 9. The number of amides is 7. The number of allylic oxidation sites excluding steroid dienone is 2. The molecule has 2 aromatic carbocycles. The second-order valence-electron chi connectivity index (χ2n) is 22.2. The number of piperidine rings is 2. The van der Waals surface area contributed by atoms with Crippen LogP contribution in [-0.4, -0.2) is 134 Å². The van der Waals surface area contributed by atoms with Gasteiger partial charge in [0.05, 0.1) is 37.1 Å². The van der Waals surface area contributed by atoms with Crippen LogP contribution in [0.1, 0.15) is 123 Å². The minimum absolute atomic E-state index is 0.0380. The molecule has 5 aliphatic heterocycles. The van der Waals surface area contributed by atoms with E-state index in [1.165, 1.54) is 15.0 Å². The number of urea groups is 2. The number of ether oxygens (including phenoxy) is 2. The van der Waals surface area contributed by atoms with Gasteiger partial charge in [0.15, 0.2) is 0 Å². The largest absolute Gasteiger partial charge is 0.460 e. The molecular weight excluding hydrogens is 999 g/mol. The van der Waals surface area contributed by atoms with Gasteiger partial charge in [-0.05, 0) is 122 Å². The van der Waals surface area contributed by atoms with Gasteiger partial charge in [0.25, 0.3) is 17.7 Å². The number of nitrogens with two attached hydrogens (primary N) is 1. The lowest BCUT2D eigenvalue weighted by atomic mass is 9.85. The molecule has 420 valence electrons. The summed E-state index contributed by atoms with van der Waals surface area (Å²) in [6.07, 6.45) is 10.5. The SMILES string of the molecule is CC(C)(C)OC(=O)CCCCON.CC(C)(C)OC(=O)CCCCONC(=O)[C@@H]1CC[C@@H]2CN1C(=O)N2OCc1ccccc1.O=C(ON1C(=O)[C@@H]2[C@H](C1=O)[C@@H]1C=C[C@H]2C1)[C@@H]1CC[C@@H]2CN1C(=O)N2OCc1ccccc1. The van der Waals surface area contributed by atoms with Crippen LogP contribution in [0.5, 0.6) is 0 Å². The number of imide groups is 1. The van der Waals surface area contributed by atoms with Crippen molar-refractivity contribution >= 4 is 47.7 Å². The van der Waals surface area contributed by atoms with E-state index in [9.17, 15) is 38.4 Å². The van der Waals surface area contributed by atoms with Gasteiger partial charge in [0.2, 0.25) is 0 Å². The molecule has 77 heavy (non-hydrogen) atoms. The van der Waals surface area contributed by atoms with Crippen molar-refractivity contribution in [3.05, 3.63) is 83.9 Å². The van der Waals surface area contributed by atoms with Crippen LogP contribution in [0.2, 0.25) is 0 Å². The topological polar surface area (TPSA) is 255 Å². The molecule has 0 aromatic heterocycles. The van der Waals surface area contributed by atoms with Crippen LogP contribution in [0.3, 0.4) is 0 Å². The van der Waals surface area contributed by atoms with Crippen molar-refractivity contribution in [1.29, 1.82) is 0 Å². The maximum absolute atomic E-state index is 12.9. The highest BCUT2D eigenvalue weighted by Gasteiger charge is 2.61. The zero-order chi connectivity index (χ0) is 55.4. The van der Waals surface area contributed by atoms with Crippen molar-refractivity contribution in [3.8, 4) is 0 Å². The lowest BCUT2D eigenvalue weighted by molar-refractivity contribution is -0.202. The minimum atomic E-state index is -0.847. The van der Waals surface area contributed by atoms with Crippen molar-refractivity contribution in [2.75, 3.05) is 26.3 Å². The Labute approximate surface area is 449 Å². The van der Waals surface area contributed by atoms with Crippen LogP contribution in [-0.2, 0) is 75.6 Å². The first kappa shape index (κ1) is 58.2. The van der Waals surface area contributed by atoms with Gasteiger partial charge in [-0.15, -0.1) is 5.06 Å². The van der Waals surface area contributed by atoms with Gasteiger partial charge >= 0.3 is 30.0 Å². The quantitative estimate of drug-likeness (QED) is 0.0508. The standard InChI is InChI=1S/C23H23N3O6.C23H33N3O6.C9H19NO3/c27-20-18-14-6-7-15(10-14)19(18)21(28)26(20)32-22(29)17-9-8-16-11-24(17)23(30)25(16)31-12-13-4-2-1-3-5-13;1-23(2,3)32-20(27)11-7-8-14-30-24-21(28)19-13-12-18-15-25(19)22(29)26(18)31-16-17-9-5-4-6-10-17;1-9(2,3)13-8(11)6-4-5-7-12-10/h1-7,14-19H,8-12H2;4-6,9-10,18-19H,7-8,11-16H2,1-3H3,(H,24,28);4-7,10H2,1-3H3/t14-,15+,16-,17+,18-,19+;18-,19+;/m11./s1. The monoisotopic (exact) mass is 1070 g/mol. The fraction of sp³-hybridized carbons (Fsp3) is 0.600. The highest BCUT2D eigenvalue weighted by Crippen LogP contribution is 2.52. The molecule has 0 unspecified atom stereocenters. The minimum Gasteiger partial charge on any atom is -0.460 e. The Hall–Kier alpha value is -6.46. The molecule has 1 saturated carbocycles. The zero-order valence-corrected chi connectivity index (χ0v) is 45.0. The number of hydroxylamine groups is 7. The van der Waals surface area contributed by atoms with Crippen molar-refractivity contribution in [2.24, 2.45) is 29.6 Å². The highest BCUT2D eigenvalue weighted by atomic mass is 16.7. The third-order valence-electron chi connectivity index (χ3n) is 14.0. The number of rotatable bonds is 20. The summed E-state index contributed by atoms with van der Waals surface area (Å²) < 4.78 is 10.4. The lowest BCUT2D eigenvalue weighted by Crippen LogP contribution is -2.49. The molecule has 22 heteroatoms. The summed E-state index contributed by atoms with van der Waals surface area (Å²) >= 11 is 0. The summed E-state index contributed by atoms with van der Waals surface area (Å²) in [6, 6.07) is 16.9. The molecule has 0 spiro atoms. The van der Waals surface area contributed by atoms with Crippen LogP contribution in [0.15, 0.2) is 72.8 Å². The van der Waals surface area contributed by atoms with E-state index in [0.29, 0.717) is 82.7 Å². The van der Waals surface area contributed by atoms with Gasteiger partial charge in [0, 0.05) is 25.9 Å². The second kappa shape index (κ2) is 26.3.